The summed E-state index contributed by atoms with van der Waals surface area (Å²) in [5.74, 6) is 1.12. The summed E-state index contributed by atoms with van der Waals surface area (Å²) in [5.41, 5.74) is 0.168. The molecule has 0 spiro atoms. The van der Waals surface area contributed by atoms with E-state index in [9.17, 15) is 0 Å². The summed E-state index contributed by atoms with van der Waals surface area (Å²) in [7, 11) is 1.76. The highest BCUT2D eigenvalue weighted by Gasteiger charge is 2.35. The quantitative estimate of drug-likeness (QED) is 0.833. The lowest BCUT2D eigenvalue weighted by atomic mass is 9.97. The summed E-state index contributed by atoms with van der Waals surface area (Å²) in [5, 5.41) is 4.45. The molecule has 0 radical (unpaired) electrons. The third kappa shape index (κ3) is 3.36. The second kappa shape index (κ2) is 5.16. The van der Waals surface area contributed by atoms with Crippen LogP contribution in [0.15, 0.2) is 4.99 Å². The maximum absolute atomic E-state index is 5.58. The summed E-state index contributed by atoms with van der Waals surface area (Å²) in [4.78, 5) is 4.58. The van der Waals surface area contributed by atoms with Gasteiger partial charge in [0.05, 0.1) is 6.61 Å². The van der Waals surface area contributed by atoms with Crippen molar-refractivity contribution in [2.24, 2.45) is 10.4 Å². The lowest BCUT2D eigenvalue weighted by molar-refractivity contribution is -0.0125. The fraction of sp³-hybridized carbons (Fsp3) is 0.917. The Balaban J connectivity index is 1.84. The molecular weight excluding hydrogens is 236 g/mol. The number of hydrogen-bond acceptors (Lipinski definition) is 5. The van der Waals surface area contributed by atoms with Gasteiger partial charge in [-0.05, 0) is 5.41 Å². The molecule has 2 aliphatic rings. The van der Waals surface area contributed by atoms with Crippen LogP contribution in [0.4, 0.5) is 0 Å². The van der Waals surface area contributed by atoms with Crippen LogP contribution < -0.4 is 5.32 Å². The number of nitrogens with one attached hydrogen (secondary N) is 1. The Morgan fingerprint density at radius 3 is 2.88 bits per heavy atom. The van der Waals surface area contributed by atoms with Crippen LogP contribution >= 0.6 is 11.8 Å². The Hall–Kier alpha value is -0.260. The van der Waals surface area contributed by atoms with Gasteiger partial charge >= 0.3 is 0 Å². The van der Waals surface area contributed by atoms with Crippen molar-refractivity contribution in [1.29, 1.82) is 0 Å². The number of hydrogen-bond donors (Lipinski definition) is 1. The van der Waals surface area contributed by atoms with Crippen molar-refractivity contribution >= 4 is 16.9 Å². The molecule has 0 bridgehead atoms. The smallest absolute Gasteiger partial charge is 0.156 e. The van der Waals surface area contributed by atoms with Gasteiger partial charge in [-0.15, -0.1) is 0 Å². The molecule has 1 atom stereocenters. The number of rotatable bonds is 3. The van der Waals surface area contributed by atoms with Crippen molar-refractivity contribution < 1.29 is 9.47 Å². The fourth-order valence-electron chi connectivity index (χ4n) is 1.95. The summed E-state index contributed by atoms with van der Waals surface area (Å²) in [6, 6.07) is 0. The number of nitrogens with zero attached hydrogens (tertiary/aromatic N) is 1. The van der Waals surface area contributed by atoms with E-state index in [1.165, 1.54) is 0 Å². The Bertz CT molecular complexity index is 299. The number of aliphatic imine (C=N–C) groups is 1. The van der Waals surface area contributed by atoms with E-state index in [4.69, 9.17) is 9.47 Å². The normalized spacial score (nSPS) is 32.3. The highest BCUT2D eigenvalue weighted by molar-refractivity contribution is 8.13. The Morgan fingerprint density at radius 1 is 1.53 bits per heavy atom. The Morgan fingerprint density at radius 2 is 2.35 bits per heavy atom. The van der Waals surface area contributed by atoms with Gasteiger partial charge < -0.3 is 14.8 Å². The number of amidine groups is 1. The monoisotopic (exact) mass is 258 g/mol. The van der Waals surface area contributed by atoms with E-state index in [1.54, 1.807) is 18.9 Å². The molecular formula is C12H22N2O2S. The Labute approximate surface area is 108 Å². The van der Waals surface area contributed by atoms with Gasteiger partial charge in [0.1, 0.15) is 5.60 Å². The van der Waals surface area contributed by atoms with Gasteiger partial charge in [-0.1, -0.05) is 25.6 Å². The molecule has 2 heterocycles. The number of methoxy groups -OCH3 is 1. The maximum Gasteiger partial charge on any atom is 0.156 e. The van der Waals surface area contributed by atoms with Crippen LogP contribution in [0.5, 0.6) is 0 Å². The molecule has 0 aromatic carbocycles. The molecule has 2 aliphatic heterocycles. The first-order valence-electron chi connectivity index (χ1n) is 6.09. The van der Waals surface area contributed by atoms with Crippen LogP contribution in [0.25, 0.3) is 0 Å². The van der Waals surface area contributed by atoms with E-state index in [1.807, 2.05) is 0 Å². The second-order valence-corrected chi connectivity index (χ2v) is 6.58. The number of thioether (sulfide) groups is 1. The van der Waals surface area contributed by atoms with E-state index >= 15 is 0 Å². The van der Waals surface area contributed by atoms with Crippen LogP contribution in [-0.2, 0) is 9.47 Å². The predicted molar refractivity (Wildman–Crippen MR) is 71.7 cm³/mol. The standard InChI is InChI=1S/C12H22N2O2S/c1-11(2)6-13-10(17-9-11)14-7-12(15-3)4-5-16-8-12/h4-9H2,1-3H3,(H,13,14). The molecule has 0 aromatic heterocycles. The summed E-state index contributed by atoms with van der Waals surface area (Å²) < 4.78 is 11.0. The molecule has 1 fully saturated rings. The SMILES string of the molecule is COC1(CNC2=NCC(C)(C)CS2)CCOC1. The summed E-state index contributed by atoms with van der Waals surface area (Å²) in [6.07, 6.45) is 0.958. The van der Waals surface area contributed by atoms with Gasteiger partial charge in [0.15, 0.2) is 5.17 Å². The Kier molecular flexibility index (Phi) is 4.00. The molecule has 0 aromatic rings. The van der Waals surface area contributed by atoms with Crippen LogP contribution in [0, 0.1) is 5.41 Å². The largest absolute Gasteiger partial charge is 0.378 e. The van der Waals surface area contributed by atoms with Crippen molar-refractivity contribution in [2.75, 3.05) is 39.2 Å². The molecule has 1 saturated heterocycles. The zero-order valence-electron chi connectivity index (χ0n) is 10.9. The van der Waals surface area contributed by atoms with E-state index in [2.05, 4.69) is 24.2 Å². The van der Waals surface area contributed by atoms with Crippen LogP contribution in [0.2, 0.25) is 0 Å². The molecule has 5 heteroatoms. The first-order valence-corrected chi connectivity index (χ1v) is 7.08. The second-order valence-electron chi connectivity index (χ2n) is 5.62. The first-order chi connectivity index (χ1) is 8.05. The van der Waals surface area contributed by atoms with Gasteiger partial charge in [-0.3, -0.25) is 4.99 Å². The van der Waals surface area contributed by atoms with Crippen LogP contribution in [-0.4, -0.2) is 49.9 Å². The third-order valence-corrected chi connectivity index (χ3v) is 4.78. The molecule has 0 amide bonds. The topological polar surface area (TPSA) is 42.8 Å². The number of ether oxygens (including phenoxy) is 2. The van der Waals surface area contributed by atoms with Gasteiger partial charge in [-0.25, -0.2) is 0 Å². The lowest BCUT2D eigenvalue weighted by Crippen LogP contribution is -2.45. The zero-order valence-corrected chi connectivity index (χ0v) is 11.7. The molecule has 1 unspecified atom stereocenters. The minimum atomic E-state index is -0.157. The highest BCUT2D eigenvalue weighted by Crippen LogP contribution is 2.28. The predicted octanol–water partition coefficient (Wildman–Crippen LogP) is 1.51. The van der Waals surface area contributed by atoms with Crippen molar-refractivity contribution in [2.45, 2.75) is 25.9 Å². The van der Waals surface area contributed by atoms with Crippen molar-refractivity contribution in [3.63, 3.8) is 0 Å². The molecule has 17 heavy (non-hydrogen) atoms. The van der Waals surface area contributed by atoms with E-state index in [-0.39, 0.29) is 5.60 Å². The van der Waals surface area contributed by atoms with E-state index in [0.717, 1.165) is 37.0 Å². The molecule has 1 N–H and O–H groups in total. The summed E-state index contributed by atoms with van der Waals surface area (Å²) >= 11 is 1.81. The van der Waals surface area contributed by atoms with Gasteiger partial charge in [0, 0.05) is 39.0 Å². The fourth-order valence-corrected chi connectivity index (χ4v) is 2.89. The molecule has 0 aliphatic carbocycles. The third-order valence-electron chi connectivity index (χ3n) is 3.31. The minimum absolute atomic E-state index is 0.157. The molecule has 98 valence electrons. The molecule has 2 rings (SSSR count). The van der Waals surface area contributed by atoms with Crippen molar-refractivity contribution in [1.82, 2.24) is 5.32 Å². The van der Waals surface area contributed by atoms with Crippen molar-refractivity contribution in [3.05, 3.63) is 0 Å². The molecule has 4 nitrogen and oxygen atoms in total. The van der Waals surface area contributed by atoms with Crippen LogP contribution in [0.3, 0.4) is 0 Å². The first kappa shape index (κ1) is 13.2. The highest BCUT2D eigenvalue weighted by atomic mass is 32.2. The average molecular weight is 258 g/mol. The van der Waals surface area contributed by atoms with Gasteiger partial charge in [0.25, 0.3) is 0 Å². The van der Waals surface area contributed by atoms with Gasteiger partial charge in [0.2, 0.25) is 0 Å². The maximum atomic E-state index is 5.58. The van der Waals surface area contributed by atoms with E-state index < -0.39 is 0 Å². The van der Waals surface area contributed by atoms with E-state index in [0.29, 0.717) is 12.0 Å². The minimum Gasteiger partial charge on any atom is -0.378 e. The van der Waals surface area contributed by atoms with Gasteiger partial charge in [-0.2, -0.15) is 0 Å². The van der Waals surface area contributed by atoms with Crippen molar-refractivity contribution in [3.8, 4) is 0 Å². The molecule has 0 saturated carbocycles. The summed E-state index contributed by atoms with van der Waals surface area (Å²) in [6.45, 7) is 7.67. The zero-order chi connectivity index (χ0) is 12.4. The lowest BCUT2D eigenvalue weighted by Gasteiger charge is -2.30. The average Bonchev–Trinajstić information content (AvgIpc) is 2.77. The van der Waals surface area contributed by atoms with Crippen LogP contribution in [0.1, 0.15) is 20.3 Å².